The van der Waals surface area contributed by atoms with Gasteiger partial charge in [0.25, 0.3) is 0 Å². The van der Waals surface area contributed by atoms with Crippen molar-refractivity contribution in [1.29, 1.82) is 0 Å². The van der Waals surface area contributed by atoms with Crippen LogP contribution in [0.4, 0.5) is 0 Å². The van der Waals surface area contributed by atoms with E-state index in [0.717, 1.165) is 17.0 Å². The number of hydrogen-bond donors (Lipinski definition) is 0. The zero-order valence-electron chi connectivity index (χ0n) is 11.3. The Morgan fingerprint density at radius 3 is 2.56 bits per heavy atom. The van der Waals surface area contributed by atoms with Crippen LogP contribution in [0.3, 0.4) is 0 Å². The minimum absolute atomic E-state index is 0.407. The average molecular weight is 242 g/mol. The zero-order chi connectivity index (χ0) is 13.1. The van der Waals surface area contributed by atoms with Crippen LogP contribution in [0.2, 0.25) is 0 Å². The van der Waals surface area contributed by atoms with E-state index in [1.54, 1.807) is 13.3 Å². The van der Waals surface area contributed by atoms with Crippen LogP contribution >= 0.6 is 0 Å². The number of ether oxygens (including phenoxy) is 1. The highest BCUT2D eigenvalue weighted by molar-refractivity contribution is 5.67. The standard InChI is InChI=1S/C15H18N2O/c1-10(2)12-6-5-7-13(14(12)18-4)15-16-9-8-11(3)17-15/h5-10H,1-4H3. The molecule has 0 fully saturated rings. The molecule has 0 radical (unpaired) electrons. The first-order chi connectivity index (χ1) is 8.63. The highest BCUT2D eigenvalue weighted by Crippen LogP contribution is 2.34. The highest BCUT2D eigenvalue weighted by atomic mass is 16.5. The minimum Gasteiger partial charge on any atom is -0.496 e. The summed E-state index contributed by atoms with van der Waals surface area (Å²) in [7, 11) is 1.69. The molecule has 0 aliphatic rings. The van der Waals surface area contributed by atoms with Crippen molar-refractivity contribution in [3.05, 3.63) is 41.7 Å². The van der Waals surface area contributed by atoms with Gasteiger partial charge in [0.05, 0.1) is 12.7 Å². The number of nitrogens with zero attached hydrogens (tertiary/aromatic N) is 2. The maximum Gasteiger partial charge on any atom is 0.163 e. The average Bonchev–Trinajstić information content (AvgIpc) is 2.37. The predicted molar refractivity (Wildman–Crippen MR) is 72.8 cm³/mol. The van der Waals surface area contributed by atoms with Crippen LogP contribution in [0.25, 0.3) is 11.4 Å². The number of benzene rings is 1. The highest BCUT2D eigenvalue weighted by Gasteiger charge is 2.14. The van der Waals surface area contributed by atoms with E-state index in [4.69, 9.17) is 4.74 Å². The van der Waals surface area contributed by atoms with Crippen molar-refractivity contribution in [2.75, 3.05) is 7.11 Å². The Hall–Kier alpha value is -1.90. The Labute approximate surface area is 108 Å². The number of aromatic nitrogens is 2. The fraction of sp³-hybridized carbons (Fsp3) is 0.333. The third-order valence-corrected chi connectivity index (χ3v) is 2.91. The van der Waals surface area contributed by atoms with E-state index in [0.29, 0.717) is 11.7 Å². The molecular formula is C15H18N2O. The van der Waals surface area contributed by atoms with Crippen molar-refractivity contribution in [2.45, 2.75) is 26.7 Å². The van der Waals surface area contributed by atoms with Gasteiger partial charge < -0.3 is 4.74 Å². The van der Waals surface area contributed by atoms with Gasteiger partial charge in [-0.25, -0.2) is 9.97 Å². The molecule has 18 heavy (non-hydrogen) atoms. The summed E-state index contributed by atoms with van der Waals surface area (Å²) in [4.78, 5) is 8.79. The SMILES string of the molecule is COc1c(-c2nccc(C)n2)cccc1C(C)C. The van der Waals surface area contributed by atoms with E-state index in [1.165, 1.54) is 5.56 Å². The zero-order valence-corrected chi connectivity index (χ0v) is 11.3. The van der Waals surface area contributed by atoms with Gasteiger partial charge in [0.15, 0.2) is 5.82 Å². The summed E-state index contributed by atoms with van der Waals surface area (Å²) in [5.74, 6) is 2.00. The Bertz CT molecular complexity index is 550. The van der Waals surface area contributed by atoms with Gasteiger partial charge in [0.2, 0.25) is 0 Å². The number of para-hydroxylation sites is 1. The molecule has 0 saturated carbocycles. The van der Waals surface area contributed by atoms with Crippen LogP contribution < -0.4 is 4.74 Å². The van der Waals surface area contributed by atoms with Gasteiger partial charge in [-0.3, -0.25) is 0 Å². The minimum atomic E-state index is 0.407. The molecule has 0 unspecified atom stereocenters. The Morgan fingerprint density at radius 2 is 1.94 bits per heavy atom. The second kappa shape index (κ2) is 5.17. The van der Waals surface area contributed by atoms with Gasteiger partial charge in [-0.05, 0) is 30.5 Å². The Balaban J connectivity index is 2.61. The molecule has 0 N–H and O–H groups in total. The third-order valence-electron chi connectivity index (χ3n) is 2.91. The van der Waals surface area contributed by atoms with Crippen LogP contribution in [-0.4, -0.2) is 17.1 Å². The maximum absolute atomic E-state index is 5.55. The van der Waals surface area contributed by atoms with Gasteiger partial charge in [-0.2, -0.15) is 0 Å². The summed E-state index contributed by atoms with van der Waals surface area (Å²) in [5, 5.41) is 0. The molecule has 2 rings (SSSR count). The summed E-state index contributed by atoms with van der Waals surface area (Å²) in [5.41, 5.74) is 3.09. The molecule has 0 amide bonds. The lowest BCUT2D eigenvalue weighted by atomic mass is 9.98. The molecule has 3 heteroatoms. The van der Waals surface area contributed by atoms with Crippen LogP contribution in [0, 0.1) is 6.92 Å². The molecule has 0 aliphatic heterocycles. The fourth-order valence-electron chi connectivity index (χ4n) is 1.99. The van der Waals surface area contributed by atoms with Crippen LogP contribution in [0.5, 0.6) is 5.75 Å². The topological polar surface area (TPSA) is 35.0 Å². The van der Waals surface area contributed by atoms with Gasteiger partial charge in [0.1, 0.15) is 5.75 Å². The van der Waals surface area contributed by atoms with E-state index in [1.807, 2.05) is 25.1 Å². The molecule has 3 nitrogen and oxygen atoms in total. The van der Waals surface area contributed by atoms with Crippen LogP contribution in [0.15, 0.2) is 30.5 Å². The van der Waals surface area contributed by atoms with Crippen molar-refractivity contribution < 1.29 is 4.74 Å². The second-order valence-electron chi connectivity index (χ2n) is 4.60. The van der Waals surface area contributed by atoms with E-state index in [2.05, 4.69) is 29.9 Å². The summed E-state index contributed by atoms with van der Waals surface area (Å²) in [6, 6.07) is 8.00. The third kappa shape index (κ3) is 2.35. The van der Waals surface area contributed by atoms with E-state index >= 15 is 0 Å². The van der Waals surface area contributed by atoms with E-state index in [-0.39, 0.29) is 0 Å². The summed E-state index contributed by atoms with van der Waals surface area (Å²) in [6.07, 6.45) is 1.78. The quantitative estimate of drug-likeness (QED) is 0.825. The molecule has 0 aliphatic carbocycles. The Kier molecular flexibility index (Phi) is 3.60. The van der Waals surface area contributed by atoms with Crippen molar-refractivity contribution in [3.63, 3.8) is 0 Å². The maximum atomic E-state index is 5.55. The number of aryl methyl sites for hydroxylation is 1. The van der Waals surface area contributed by atoms with Gasteiger partial charge in [0, 0.05) is 11.9 Å². The molecule has 0 spiro atoms. The van der Waals surface area contributed by atoms with Crippen molar-refractivity contribution in [1.82, 2.24) is 9.97 Å². The molecule has 0 saturated heterocycles. The normalized spacial score (nSPS) is 10.7. The lowest BCUT2D eigenvalue weighted by Gasteiger charge is -2.15. The number of rotatable bonds is 3. The summed E-state index contributed by atoms with van der Waals surface area (Å²) < 4.78 is 5.55. The molecule has 2 aromatic rings. The molecule has 0 bridgehead atoms. The molecule has 1 heterocycles. The lowest BCUT2D eigenvalue weighted by molar-refractivity contribution is 0.409. The van der Waals surface area contributed by atoms with Gasteiger partial charge in [-0.1, -0.05) is 26.0 Å². The monoisotopic (exact) mass is 242 g/mol. The number of hydrogen-bond acceptors (Lipinski definition) is 3. The van der Waals surface area contributed by atoms with Crippen molar-refractivity contribution in [2.24, 2.45) is 0 Å². The van der Waals surface area contributed by atoms with E-state index in [9.17, 15) is 0 Å². The Morgan fingerprint density at radius 1 is 1.17 bits per heavy atom. The smallest absolute Gasteiger partial charge is 0.163 e. The van der Waals surface area contributed by atoms with Crippen LogP contribution in [-0.2, 0) is 0 Å². The predicted octanol–water partition coefficient (Wildman–Crippen LogP) is 3.58. The lowest BCUT2D eigenvalue weighted by Crippen LogP contribution is -1.99. The molecule has 94 valence electrons. The summed E-state index contributed by atoms with van der Waals surface area (Å²) >= 11 is 0. The molecule has 1 aromatic carbocycles. The summed E-state index contributed by atoms with van der Waals surface area (Å²) in [6.45, 7) is 6.27. The first kappa shape index (κ1) is 12.6. The van der Waals surface area contributed by atoms with Gasteiger partial charge >= 0.3 is 0 Å². The van der Waals surface area contributed by atoms with Crippen molar-refractivity contribution in [3.8, 4) is 17.1 Å². The largest absolute Gasteiger partial charge is 0.496 e. The molecule has 1 aromatic heterocycles. The van der Waals surface area contributed by atoms with E-state index < -0.39 is 0 Å². The van der Waals surface area contributed by atoms with Crippen molar-refractivity contribution >= 4 is 0 Å². The number of methoxy groups -OCH3 is 1. The fourth-order valence-corrected chi connectivity index (χ4v) is 1.99. The van der Waals surface area contributed by atoms with Crippen LogP contribution in [0.1, 0.15) is 31.0 Å². The molecule has 0 atom stereocenters. The first-order valence-electron chi connectivity index (χ1n) is 6.10. The van der Waals surface area contributed by atoms with Gasteiger partial charge in [-0.15, -0.1) is 0 Å². The molecular weight excluding hydrogens is 224 g/mol. The first-order valence-corrected chi connectivity index (χ1v) is 6.10. The second-order valence-corrected chi connectivity index (χ2v) is 4.60.